The van der Waals surface area contributed by atoms with Crippen molar-refractivity contribution < 1.29 is 28.6 Å². The number of hydrogen-bond donors (Lipinski definition) is 2. The van der Waals surface area contributed by atoms with Gasteiger partial charge in [0.05, 0.1) is 19.3 Å². The molecule has 0 unspecified atom stereocenters. The number of carbonyl (C=O) groups is 3. The summed E-state index contributed by atoms with van der Waals surface area (Å²) in [7, 11) is 1.49. The van der Waals surface area contributed by atoms with E-state index in [0.717, 1.165) is 0 Å². The normalized spacial score (nSPS) is 10.1. The lowest BCUT2D eigenvalue weighted by Gasteiger charge is -2.11. The summed E-state index contributed by atoms with van der Waals surface area (Å²) in [6.45, 7) is 5.93. The van der Waals surface area contributed by atoms with Gasteiger partial charge in [-0.3, -0.25) is 10.1 Å². The van der Waals surface area contributed by atoms with Gasteiger partial charge in [0.25, 0.3) is 5.91 Å². The highest BCUT2D eigenvalue weighted by atomic mass is 16.5. The SMILES string of the molecule is CCOc1cc(C(=O)OCC(=O)NC(=O)NCC(C)C)ccc1OC. The number of ether oxygens (including phenoxy) is 3. The van der Waals surface area contributed by atoms with E-state index in [0.29, 0.717) is 24.7 Å². The molecule has 138 valence electrons. The van der Waals surface area contributed by atoms with E-state index < -0.39 is 24.5 Å². The molecule has 0 aliphatic rings. The zero-order valence-electron chi connectivity index (χ0n) is 14.9. The summed E-state index contributed by atoms with van der Waals surface area (Å²) >= 11 is 0. The lowest BCUT2D eigenvalue weighted by molar-refractivity contribution is -0.123. The van der Waals surface area contributed by atoms with E-state index in [9.17, 15) is 14.4 Å². The molecule has 0 bridgehead atoms. The van der Waals surface area contributed by atoms with Gasteiger partial charge in [0.15, 0.2) is 18.1 Å². The molecule has 0 aromatic heterocycles. The fourth-order valence-corrected chi connectivity index (χ4v) is 1.79. The number of imide groups is 1. The summed E-state index contributed by atoms with van der Waals surface area (Å²) in [6, 6.07) is 3.91. The molecule has 0 saturated heterocycles. The zero-order valence-corrected chi connectivity index (χ0v) is 14.9. The molecule has 0 aliphatic heterocycles. The van der Waals surface area contributed by atoms with E-state index in [1.54, 1.807) is 13.0 Å². The smallest absolute Gasteiger partial charge is 0.338 e. The Hall–Kier alpha value is -2.77. The lowest BCUT2D eigenvalue weighted by Crippen LogP contribution is -2.42. The predicted octanol–water partition coefficient (Wildman–Crippen LogP) is 1.73. The van der Waals surface area contributed by atoms with Crippen molar-refractivity contribution in [1.82, 2.24) is 10.6 Å². The van der Waals surface area contributed by atoms with Gasteiger partial charge < -0.3 is 19.5 Å². The number of urea groups is 1. The zero-order chi connectivity index (χ0) is 18.8. The van der Waals surface area contributed by atoms with Crippen molar-refractivity contribution in [3.8, 4) is 11.5 Å². The van der Waals surface area contributed by atoms with Crippen molar-refractivity contribution in [2.24, 2.45) is 5.92 Å². The Morgan fingerprint density at radius 3 is 2.48 bits per heavy atom. The molecule has 0 aliphatic carbocycles. The van der Waals surface area contributed by atoms with Crippen LogP contribution in [0, 0.1) is 5.92 Å². The summed E-state index contributed by atoms with van der Waals surface area (Å²) in [4.78, 5) is 35.1. The van der Waals surface area contributed by atoms with Crippen LogP contribution in [0.3, 0.4) is 0 Å². The Bertz CT molecular complexity index is 615. The minimum atomic E-state index is -0.715. The molecule has 0 radical (unpaired) electrons. The van der Waals surface area contributed by atoms with Gasteiger partial charge in [-0.2, -0.15) is 0 Å². The average molecular weight is 352 g/mol. The number of esters is 1. The number of methoxy groups -OCH3 is 1. The van der Waals surface area contributed by atoms with Crippen LogP contribution in [-0.2, 0) is 9.53 Å². The van der Waals surface area contributed by atoms with E-state index >= 15 is 0 Å². The maximum atomic E-state index is 12.0. The highest BCUT2D eigenvalue weighted by molar-refractivity contribution is 5.97. The predicted molar refractivity (Wildman–Crippen MR) is 90.8 cm³/mol. The number of hydrogen-bond acceptors (Lipinski definition) is 6. The molecule has 0 saturated carbocycles. The highest BCUT2D eigenvalue weighted by Gasteiger charge is 2.15. The van der Waals surface area contributed by atoms with Gasteiger partial charge in [-0.25, -0.2) is 9.59 Å². The Labute approximate surface area is 146 Å². The standard InChI is InChI=1S/C17H24N2O6/c1-5-24-14-8-12(6-7-13(14)23-4)16(21)25-10-15(20)19-17(22)18-9-11(2)3/h6-8,11H,5,9-10H2,1-4H3,(H2,18,19,20,22). The van der Waals surface area contributed by atoms with Crippen LogP contribution in [-0.4, -0.2) is 44.8 Å². The van der Waals surface area contributed by atoms with Crippen LogP contribution in [0.2, 0.25) is 0 Å². The van der Waals surface area contributed by atoms with Crippen LogP contribution >= 0.6 is 0 Å². The second-order valence-electron chi connectivity index (χ2n) is 5.53. The quantitative estimate of drug-likeness (QED) is 0.691. The van der Waals surface area contributed by atoms with Crippen LogP contribution in [0.4, 0.5) is 4.79 Å². The maximum absolute atomic E-state index is 12.0. The molecule has 3 amide bonds. The van der Waals surface area contributed by atoms with E-state index in [1.807, 2.05) is 13.8 Å². The molecule has 0 fully saturated rings. The molecule has 2 N–H and O–H groups in total. The number of carbonyl (C=O) groups excluding carboxylic acids is 3. The molecule has 25 heavy (non-hydrogen) atoms. The lowest BCUT2D eigenvalue weighted by atomic mass is 10.2. The van der Waals surface area contributed by atoms with Crippen molar-refractivity contribution in [2.75, 3.05) is 26.9 Å². The fourth-order valence-electron chi connectivity index (χ4n) is 1.79. The van der Waals surface area contributed by atoms with Gasteiger partial charge in [0.1, 0.15) is 0 Å². The number of rotatable bonds is 8. The van der Waals surface area contributed by atoms with Gasteiger partial charge >= 0.3 is 12.0 Å². The summed E-state index contributed by atoms with van der Waals surface area (Å²) in [5.41, 5.74) is 0.210. The van der Waals surface area contributed by atoms with E-state index in [1.165, 1.54) is 19.2 Å². The van der Waals surface area contributed by atoms with Gasteiger partial charge in [0, 0.05) is 6.54 Å². The first-order chi connectivity index (χ1) is 11.9. The monoisotopic (exact) mass is 352 g/mol. The maximum Gasteiger partial charge on any atom is 0.338 e. The molecule has 1 rings (SSSR count). The molecule has 1 aromatic carbocycles. The Morgan fingerprint density at radius 2 is 1.88 bits per heavy atom. The van der Waals surface area contributed by atoms with E-state index in [4.69, 9.17) is 14.2 Å². The number of nitrogens with one attached hydrogen (secondary N) is 2. The molecule has 1 aromatic rings. The Kier molecular flexibility index (Phi) is 8.25. The van der Waals surface area contributed by atoms with Crippen molar-refractivity contribution >= 4 is 17.9 Å². The average Bonchev–Trinajstić information content (AvgIpc) is 2.58. The van der Waals surface area contributed by atoms with Crippen LogP contribution < -0.4 is 20.1 Å². The topological polar surface area (TPSA) is 103 Å². The number of benzene rings is 1. The minimum Gasteiger partial charge on any atom is -0.493 e. The van der Waals surface area contributed by atoms with Gasteiger partial charge in [-0.1, -0.05) is 13.8 Å². The first-order valence-electron chi connectivity index (χ1n) is 7.93. The largest absolute Gasteiger partial charge is 0.493 e. The second-order valence-corrected chi connectivity index (χ2v) is 5.53. The number of amides is 3. The summed E-state index contributed by atoms with van der Waals surface area (Å²) in [5, 5.41) is 4.61. The summed E-state index contributed by atoms with van der Waals surface area (Å²) < 4.78 is 15.4. The van der Waals surface area contributed by atoms with Crippen molar-refractivity contribution in [2.45, 2.75) is 20.8 Å². The first-order valence-corrected chi connectivity index (χ1v) is 7.93. The third-order valence-electron chi connectivity index (χ3n) is 2.96. The fraction of sp³-hybridized carbons (Fsp3) is 0.471. The Morgan fingerprint density at radius 1 is 1.16 bits per heavy atom. The third-order valence-corrected chi connectivity index (χ3v) is 2.96. The molecule has 0 spiro atoms. The van der Waals surface area contributed by atoms with Gasteiger partial charge in [0.2, 0.25) is 0 Å². The molecular formula is C17H24N2O6. The van der Waals surface area contributed by atoms with Crippen LogP contribution in [0.25, 0.3) is 0 Å². The van der Waals surface area contributed by atoms with E-state index in [-0.39, 0.29) is 11.5 Å². The molecule has 8 heteroatoms. The van der Waals surface area contributed by atoms with Crippen LogP contribution in [0.5, 0.6) is 11.5 Å². The molecule has 0 heterocycles. The minimum absolute atomic E-state index is 0.210. The van der Waals surface area contributed by atoms with E-state index in [2.05, 4.69) is 10.6 Å². The molecular weight excluding hydrogens is 328 g/mol. The second kappa shape index (κ2) is 10.2. The molecule has 8 nitrogen and oxygen atoms in total. The highest BCUT2D eigenvalue weighted by Crippen LogP contribution is 2.28. The van der Waals surface area contributed by atoms with Crippen LogP contribution in [0.15, 0.2) is 18.2 Å². The van der Waals surface area contributed by atoms with Crippen molar-refractivity contribution in [3.05, 3.63) is 23.8 Å². The Balaban J connectivity index is 2.54. The van der Waals surface area contributed by atoms with Gasteiger partial charge in [-0.15, -0.1) is 0 Å². The van der Waals surface area contributed by atoms with Crippen LogP contribution in [0.1, 0.15) is 31.1 Å². The van der Waals surface area contributed by atoms with Crippen molar-refractivity contribution in [3.63, 3.8) is 0 Å². The first kappa shape index (κ1) is 20.3. The summed E-state index contributed by atoms with van der Waals surface area (Å²) in [6.07, 6.45) is 0. The van der Waals surface area contributed by atoms with Crippen molar-refractivity contribution in [1.29, 1.82) is 0 Å². The third kappa shape index (κ3) is 7.11. The summed E-state index contributed by atoms with van der Waals surface area (Å²) in [5.74, 6) is -0.280. The van der Waals surface area contributed by atoms with Gasteiger partial charge in [-0.05, 0) is 31.0 Å². The molecule has 0 atom stereocenters.